The number of thiophene rings is 1. The summed E-state index contributed by atoms with van der Waals surface area (Å²) in [5.41, 5.74) is 0. The second-order valence-electron chi connectivity index (χ2n) is 3.27. The lowest BCUT2D eigenvalue weighted by atomic mass is 10.2. The molecule has 0 spiro atoms. The van der Waals surface area contributed by atoms with Crippen molar-refractivity contribution in [2.75, 3.05) is 0 Å². The molecular weight excluding hydrogens is 284 g/mol. The number of nitriles is 1. The van der Waals surface area contributed by atoms with Crippen molar-refractivity contribution in [3.63, 3.8) is 0 Å². The molecule has 14 heavy (non-hydrogen) atoms. The monoisotopic (exact) mass is 290 g/mol. The average molecular weight is 292 g/mol. The first kappa shape index (κ1) is 10.4. The first-order valence-electron chi connectivity index (χ1n) is 4.31. The first-order chi connectivity index (χ1) is 6.70. The Labute approximate surface area is 100 Å². The standard InChI is InChI=1S/C9H8BrClN2S/c10-6-3-8(14-9(6)11)7(4-12)13-5-1-2-5/h3,5,7,13H,1-2H2. The Hall–Kier alpha value is -0.0800. The van der Waals surface area contributed by atoms with Crippen LogP contribution in [-0.2, 0) is 0 Å². The minimum atomic E-state index is -0.212. The van der Waals surface area contributed by atoms with Crippen LogP contribution in [0.25, 0.3) is 0 Å². The predicted octanol–water partition coefficient (Wildman–Crippen LogP) is 3.48. The van der Waals surface area contributed by atoms with E-state index in [1.54, 1.807) is 0 Å². The molecule has 74 valence electrons. The molecule has 5 heteroatoms. The maximum absolute atomic E-state index is 8.99. The van der Waals surface area contributed by atoms with E-state index in [2.05, 4.69) is 27.3 Å². The molecule has 0 bridgehead atoms. The van der Waals surface area contributed by atoms with Gasteiger partial charge in [-0.05, 0) is 34.8 Å². The van der Waals surface area contributed by atoms with Crippen molar-refractivity contribution in [1.29, 1.82) is 5.26 Å². The van der Waals surface area contributed by atoms with Crippen LogP contribution in [0.15, 0.2) is 10.5 Å². The van der Waals surface area contributed by atoms with E-state index < -0.39 is 0 Å². The van der Waals surface area contributed by atoms with E-state index in [9.17, 15) is 0 Å². The maximum Gasteiger partial charge on any atom is 0.130 e. The zero-order valence-corrected chi connectivity index (χ0v) is 10.4. The fraction of sp³-hybridized carbons (Fsp3) is 0.444. The summed E-state index contributed by atoms with van der Waals surface area (Å²) in [5, 5.41) is 12.3. The van der Waals surface area contributed by atoms with Crippen molar-refractivity contribution in [2.24, 2.45) is 0 Å². The van der Waals surface area contributed by atoms with Crippen LogP contribution in [0.3, 0.4) is 0 Å². The summed E-state index contributed by atoms with van der Waals surface area (Å²) in [6.45, 7) is 0. The van der Waals surface area contributed by atoms with Crippen molar-refractivity contribution in [3.05, 3.63) is 19.8 Å². The molecule has 1 aromatic rings. The highest BCUT2D eigenvalue weighted by Crippen LogP contribution is 2.36. The molecule has 1 fully saturated rings. The Morgan fingerprint density at radius 1 is 1.71 bits per heavy atom. The van der Waals surface area contributed by atoms with Crippen LogP contribution < -0.4 is 5.32 Å². The summed E-state index contributed by atoms with van der Waals surface area (Å²) < 4.78 is 1.58. The number of hydrogen-bond acceptors (Lipinski definition) is 3. The molecule has 0 aromatic carbocycles. The molecule has 1 unspecified atom stereocenters. The van der Waals surface area contributed by atoms with Gasteiger partial charge in [0, 0.05) is 15.4 Å². The maximum atomic E-state index is 8.99. The van der Waals surface area contributed by atoms with Gasteiger partial charge in [0.05, 0.1) is 6.07 Å². The van der Waals surface area contributed by atoms with Crippen LogP contribution >= 0.6 is 38.9 Å². The average Bonchev–Trinajstić information content (AvgIpc) is 2.91. The minimum Gasteiger partial charge on any atom is -0.295 e. The molecule has 2 nitrogen and oxygen atoms in total. The highest BCUT2D eigenvalue weighted by Gasteiger charge is 2.26. The molecule has 1 aliphatic carbocycles. The van der Waals surface area contributed by atoms with Gasteiger partial charge in [0.2, 0.25) is 0 Å². The zero-order chi connectivity index (χ0) is 10.1. The summed E-state index contributed by atoms with van der Waals surface area (Å²) in [7, 11) is 0. The van der Waals surface area contributed by atoms with Crippen molar-refractivity contribution < 1.29 is 0 Å². The van der Waals surface area contributed by atoms with Crippen molar-refractivity contribution >= 4 is 38.9 Å². The van der Waals surface area contributed by atoms with E-state index in [1.807, 2.05) is 6.07 Å². The van der Waals surface area contributed by atoms with Gasteiger partial charge in [0.15, 0.2) is 0 Å². The fourth-order valence-corrected chi connectivity index (χ4v) is 2.92. The quantitative estimate of drug-likeness (QED) is 0.925. The summed E-state index contributed by atoms with van der Waals surface area (Å²) in [6, 6.07) is 4.48. The third-order valence-electron chi connectivity index (χ3n) is 2.06. The second kappa shape index (κ2) is 4.19. The number of nitrogens with zero attached hydrogens (tertiary/aromatic N) is 1. The van der Waals surface area contributed by atoms with Crippen molar-refractivity contribution in [2.45, 2.75) is 24.9 Å². The van der Waals surface area contributed by atoms with E-state index in [-0.39, 0.29) is 6.04 Å². The van der Waals surface area contributed by atoms with E-state index in [0.717, 1.165) is 9.35 Å². The fourth-order valence-electron chi connectivity index (χ4n) is 1.17. The number of halogens is 2. The van der Waals surface area contributed by atoms with Gasteiger partial charge >= 0.3 is 0 Å². The Bertz CT molecular complexity index is 361. The van der Waals surface area contributed by atoms with Gasteiger partial charge in [0.25, 0.3) is 0 Å². The Morgan fingerprint density at radius 2 is 2.43 bits per heavy atom. The topological polar surface area (TPSA) is 35.8 Å². The minimum absolute atomic E-state index is 0.212. The van der Waals surface area contributed by atoms with Gasteiger partial charge in [-0.15, -0.1) is 11.3 Å². The van der Waals surface area contributed by atoms with E-state index in [4.69, 9.17) is 16.9 Å². The lowest BCUT2D eigenvalue weighted by Crippen LogP contribution is -2.21. The van der Waals surface area contributed by atoms with Crippen molar-refractivity contribution in [1.82, 2.24) is 5.32 Å². The van der Waals surface area contributed by atoms with Gasteiger partial charge in [-0.3, -0.25) is 5.32 Å². The summed E-state index contributed by atoms with van der Waals surface area (Å²) in [6.07, 6.45) is 2.36. The van der Waals surface area contributed by atoms with Crippen LogP contribution in [0, 0.1) is 11.3 Å². The van der Waals surface area contributed by atoms with E-state index in [0.29, 0.717) is 10.4 Å². The number of hydrogen-bond donors (Lipinski definition) is 1. The molecule has 0 radical (unpaired) electrons. The van der Waals surface area contributed by atoms with Crippen LogP contribution in [0.5, 0.6) is 0 Å². The van der Waals surface area contributed by atoms with Gasteiger partial charge < -0.3 is 0 Å². The summed E-state index contributed by atoms with van der Waals surface area (Å²) in [5.74, 6) is 0. The Kier molecular flexibility index (Phi) is 3.13. The van der Waals surface area contributed by atoms with Crippen LogP contribution in [0.2, 0.25) is 4.34 Å². The van der Waals surface area contributed by atoms with Gasteiger partial charge in [-0.2, -0.15) is 5.26 Å². The molecule has 1 aliphatic rings. The van der Waals surface area contributed by atoms with Crippen molar-refractivity contribution in [3.8, 4) is 6.07 Å². The highest BCUT2D eigenvalue weighted by molar-refractivity contribution is 9.10. The lowest BCUT2D eigenvalue weighted by Gasteiger charge is -2.07. The largest absolute Gasteiger partial charge is 0.295 e. The molecule has 0 amide bonds. The SMILES string of the molecule is N#CC(NC1CC1)c1cc(Br)c(Cl)s1. The van der Waals surface area contributed by atoms with Crippen LogP contribution in [0.1, 0.15) is 23.8 Å². The van der Waals surface area contributed by atoms with Gasteiger partial charge in [-0.25, -0.2) is 0 Å². The molecule has 1 saturated carbocycles. The third-order valence-corrected chi connectivity index (χ3v) is 4.60. The Morgan fingerprint density at radius 3 is 2.86 bits per heavy atom. The molecule has 1 atom stereocenters. The smallest absolute Gasteiger partial charge is 0.130 e. The molecule has 1 N–H and O–H groups in total. The summed E-state index contributed by atoms with van der Waals surface area (Å²) >= 11 is 10.7. The van der Waals surface area contributed by atoms with Crippen LogP contribution in [0.4, 0.5) is 0 Å². The summed E-state index contributed by atoms with van der Waals surface area (Å²) in [4.78, 5) is 0.983. The lowest BCUT2D eigenvalue weighted by molar-refractivity contribution is 0.634. The van der Waals surface area contributed by atoms with Crippen LogP contribution in [-0.4, -0.2) is 6.04 Å². The van der Waals surface area contributed by atoms with Gasteiger partial charge in [-0.1, -0.05) is 11.6 Å². The third kappa shape index (κ3) is 2.29. The van der Waals surface area contributed by atoms with E-state index >= 15 is 0 Å². The molecule has 0 aliphatic heterocycles. The van der Waals surface area contributed by atoms with E-state index in [1.165, 1.54) is 24.2 Å². The Balaban J connectivity index is 2.14. The van der Waals surface area contributed by atoms with Gasteiger partial charge in [0.1, 0.15) is 10.4 Å². The molecule has 1 aromatic heterocycles. The molecule has 0 saturated heterocycles. The normalized spacial score (nSPS) is 17.8. The highest BCUT2D eigenvalue weighted by atomic mass is 79.9. The number of nitrogens with one attached hydrogen (secondary N) is 1. The molecule has 1 heterocycles. The first-order valence-corrected chi connectivity index (χ1v) is 6.30. The predicted molar refractivity (Wildman–Crippen MR) is 61.5 cm³/mol. The second-order valence-corrected chi connectivity index (χ2v) is 5.81. The molecular formula is C9H8BrClN2S. The number of rotatable bonds is 3. The zero-order valence-electron chi connectivity index (χ0n) is 7.26. The molecule has 2 rings (SSSR count).